The van der Waals surface area contributed by atoms with E-state index in [4.69, 9.17) is 5.73 Å². The van der Waals surface area contributed by atoms with E-state index in [1.165, 1.54) is 6.42 Å². The molecular formula is C19H20F3N3O2. The summed E-state index contributed by atoms with van der Waals surface area (Å²) in [6.45, 7) is 2.77. The number of nitrogens with one attached hydrogen (secondary N) is 1. The van der Waals surface area contributed by atoms with Gasteiger partial charge in [-0.15, -0.1) is 0 Å². The van der Waals surface area contributed by atoms with E-state index in [2.05, 4.69) is 4.90 Å². The first-order valence-corrected chi connectivity index (χ1v) is 8.71. The number of nitrogens with two attached hydrogens (primary N) is 1. The molecule has 0 saturated carbocycles. The third-order valence-electron chi connectivity index (χ3n) is 4.71. The standard InChI is InChI=1S/C19H20F3N3O2/c20-19(21,22)16-14(10-15(17(23)26)18(27)24-16)13-6-4-12(5-7-13)11-25-8-2-1-3-9-25/h4-7,10H,1-3,8-9,11H2,(H2,23,26)(H,24,27). The number of likely N-dealkylation sites (tertiary alicyclic amines) is 1. The molecule has 2 aromatic rings. The van der Waals surface area contributed by atoms with E-state index in [0.717, 1.165) is 44.1 Å². The molecule has 1 aliphatic heterocycles. The van der Waals surface area contributed by atoms with Gasteiger partial charge in [-0.25, -0.2) is 0 Å². The van der Waals surface area contributed by atoms with Crippen molar-refractivity contribution in [2.45, 2.75) is 32.0 Å². The summed E-state index contributed by atoms with van der Waals surface area (Å²) in [5.74, 6) is -1.08. The van der Waals surface area contributed by atoms with Gasteiger partial charge in [-0.2, -0.15) is 13.2 Å². The van der Waals surface area contributed by atoms with Crippen molar-refractivity contribution in [3.8, 4) is 11.1 Å². The summed E-state index contributed by atoms with van der Waals surface area (Å²) < 4.78 is 40.0. The lowest BCUT2D eigenvalue weighted by molar-refractivity contribution is -0.140. The second-order valence-corrected chi connectivity index (χ2v) is 6.70. The minimum absolute atomic E-state index is 0.253. The normalized spacial score (nSPS) is 15.7. The summed E-state index contributed by atoms with van der Waals surface area (Å²) in [5.41, 5.74) is 3.22. The number of hydrogen-bond acceptors (Lipinski definition) is 3. The van der Waals surface area contributed by atoms with Gasteiger partial charge in [0, 0.05) is 12.1 Å². The Bertz CT molecular complexity index is 883. The van der Waals surface area contributed by atoms with Crippen LogP contribution < -0.4 is 11.3 Å². The number of aromatic amines is 1. The Balaban J connectivity index is 1.95. The van der Waals surface area contributed by atoms with Crippen molar-refractivity contribution < 1.29 is 18.0 Å². The molecule has 1 aromatic carbocycles. The molecule has 8 heteroatoms. The number of H-pyrrole nitrogens is 1. The second kappa shape index (κ2) is 7.56. The first-order valence-electron chi connectivity index (χ1n) is 8.71. The highest BCUT2D eigenvalue weighted by Crippen LogP contribution is 2.35. The van der Waals surface area contributed by atoms with Crippen molar-refractivity contribution in [2.24, 2.45) is 5.73 Å². The maximum Gasteiger partial charge on any atom is 0.431 e. The van der Waals surface area contributed by atoms with Crippen molar-refractivity contribution in [1.29, 1.82) is 0 Å². The van der Waals surface area contributed by atoms with Gasteiger partial charge in [-0.3, -0.25) is 14.5 Å². The fourth-order valence-corrected chi connectivity index (χ4v) is 3.33. The number of halogens is 3. The van der Waals surface area contributed by atoms with Crippen LogP contribution in [0.4, 0.5) is 13.2 Å². The summed E-state index contributed by atoms with van der Waals surface area (Å²) in [6, 6.07) is 7.56. The predicted octanol–water partition coefficient (Wildman–Crippen LogP) is 3.15. The SMILES string of the molecule is NC(=O)c1cc(-c2ccc(CN3CCCCC3)cc2)c(C(F)(F)F)[nH]c1=O. The van der Waals surface area contributed by atoms with Gasteiger partial charge in [0.25, 0.3) is 11.5 Å². The van der Waals surface area contributed by atoms with Crippen LogP contribution in [0.3, 0.4) is 0 Å². The fraction of sp³-hybridized carbons (Fsp3) is 0.368. The molecule has 1 amide bonds. The Morgan fingerprint density at radius 2 is 1.74 bits per heavy atom. The molecule has 0 unspecified atom stereocenters. The first kappa shape index (κ1) is 19.2. The third-order valence-corrected chi connectivity index (χ3v) is 4.71. The van der Waals surface area contributed by atoms with Gasteiger partial charge in [0.2, 0.25) is 0 Å². The Kier molecular flexibility index (Phi) is 5.36. The Morgan fingerprint density at radius 3 is 2.30 bits per heavy atom. The van der Waals surface area contributed by atoms with E-state index < -0.39 is 28.9 Å². The number of alkyl halides is 3. The topological polar surface area (TPSA) is 79.2 Å². The van der Waals surface area contributed by atoms with Gasteiger partial charge in [-0.1, -0.05) is 30.7 Å². The third kappa shape index (κ3) is 4.39. The molecule has 1 fully saturated rings. The van der Waals surface area contributed by atoms with Crippen molar-refractivity contribution in [3.05, 3.63) is 57.5 Å². The molecule has 1 aromatic heterocycles. The Morgan fingerprint density at radius 1 is 1.11 bits per heavy atom. The van der Waals surface area contributed by atoms with Gasteiger partial charge < -0.3 is 10.7 Å². The number of hydrogen-bond donors (Lipinski definition) is 2. The average Bonchev–Trinajstić information content (AvgIpc) is 2.62. The van der Waals surface area contributed by atoms with Crippen LogP contribution in [0.25, 0.3) is 11.1 Å². The number of amides is 1. The molecule has 144 valence electrons. The molecule has 0 aliphatic carbocycles. The van der Waals surface area contributed by atoms with Crippen molar-refractivity contribution in [3.63, 3.8) is 0 Å². The fourth-order valence-electron chi connectivity index (χ4n) is 3.33. The summed E-state index contributed by atoms with van der Waals surface area (Å²) in [4.78, 5) is 27.1. The number of nitrogens with zero attached hydrogens (tertiary/aromatic N) is 1. The molecule has 0 atom stereocenters. The lowest BCUT2D eigenvalue weighted by Gasteiger charge is -2.26. The van der Waals surface area contributed by atoms with Crippen LogP contribution in [0.1, 0.15) is 40.9 Å². The van der Waals surface area contributed by atoms with E-state index in [-0.39, 0.29) is 11.1 Å². The number of carbonyl (C=O) groups excluding carboxylic acids is 1. The summed E-state index contributed by atoms with van der Waals surface area (Å²) in [7, 11) is 0. The molecule has 5 nitrogen and oxygen atoms in total. The molecule has 0 spiro atoms. The second-order valence-electron chi connectivity index (χ2n) is 6.70. The number of primary amides is 1. The van der Waals surface area contributed by atoms with Gasteiger partial charge in [0.05, 0.1) is 0 Å². The highest BCUT2D eigenvalue weighted by atomic mass is 19.4. The number of pyridine rings is 1. The average molecular weight is 379 g/mol. The van der Waals surface area contributed by atoms with Crippen LogP contribution in [0.2, 0.25) is 0 Å². The van der Waals surface area contributed by atoms with Crippen LogP contribution in [0.15, 0.2) is 35.1 Å². The van der Waals surface area contributed by atoms with Crippen LogP contribution in [0, 0.1) is 0 Å². The first-order chi connectivity index (χ1) is 12.8. The molecule has 1 saturated heterocycles. The van der Waals surface area contributed by atoms with Crippen LogP contribution >= 0.6 is 0 Å². The molecular weight excluding hydrogens is 359 g/mol. The minimum atomic E-state index is -4.77. The smallest absolute Gasteiger partial charge is 0.365 e. The van der Waals surface area contributed by atoms with Crippen LogP contribution in [-0.4, -0.2) is 28.9 Å². The van der Waals surface area contributed by atoms with Gasteiger partial charge in [0.15, 0.2) is 0 Å². The van der Waals surface area contributed by atoms with E-state index in [1.807, 2.05) is 0 Å². The molecule has 2 heterocycles. The van der Waals surface area contributed by atoms with Gasteiger partial charge in [-0.05, 0) is 43.1 Å². The van der Waals surface area contributed by atoms with Gasteiger partial charge in [0.1, 0.15) is 11.3 Å². The van der Waals surface area contributed by atoms with E-state index in [9.17, 15) is 22.8 Å². The summed E-state index contributed by atoms with van der Waals surface area (Å²) in [6.07, 6.45) is -1.23. The van der Waals surface area contributed by atoms with Crippen molar-refractivity contribution in [2.75, 3.05) is 13.1 Å². The van der Waals surface area contributed by atoms with Crippen LogP contribution in [0.5, 0.6) is 0 Å². The van der Waals surface area contributed by atoms with E-state index >= 15 is 0 Å². The summed E-state index contributed by atoms with van der Waals surface area (Å²) >= 11 is 0. The molecule has 0 bridgehead atoms. The maximum atomic E-state index is 13.3. The molecule has 0 radical (unpaired) electrons. The number of rotatable bonds is 4. The monoisotopic (exact) mass is 379 g/mol. The highest BCUT2D eigenvalue weighted by Gasteiger charge is 2.36. The maximum absolute atomic E-state index is 13.3. The molecule has 27 heavy (non-hydrogen) atoms. The van der Waals surface area contributed by atoms with Crippen molar-refractivity contribution >= 4 is 5.91 Å². The minimum Gasteiger partial charge on any atom is -0.365 e. The lowest BCUT2D eigenvalue weighted by atomic mass is 9.99. The highest BCUT2D eigenvalue weighted by molar-refractivity contribution is 5.93. The number of carbonyl (C=O) groups is 1. The lowest BCUT2D eigenvalue weighted by Crippen LogP contribution is -2.29. The Hall–Kier alpha value is -2.61. The number of piperidine rings is 1. The zero-order valence-electron chi connectivity index (χ0n) is 14.6. The Labute approximate surface area is 154 Å². The quantitative estimate of drug-likeness (QED) is 0.857. The van der Waals surface area contributed by atoms with Gasteiger partial charge >= 0.3 is 6.18 Å². The zero-order valence-corrected chi connectivity index (χ0v) is 14.6. The summed E-state index contributed by atoms with van der Waals surface area (Å²) in [5, 5.41) is 0. The van der Waals surface area contributed by atoms with Crippen molar-refractivity contribution in [1.82, 2.24) is 9.88 Å². The zero-order chi connectivity index (χ0) is 19.6. The van der Waals surface area contributed by atoms with E-state index in [1.54, 1.807) is 29.2 Å². The predicted molar refractivity (Wildman–Crippen MR) is 95.1 cm³/mol. The molecule has 3 rings (SSSR count). The molecule has 3 N–H and O–H groups in total. The number of aromatic nitrogens is 1. The van der Waals surface area contributed by atoms with E-state index in [0.29, 0.717) is 0 Å². The number of benzene rings is 1. The molecule has 1 aliphatic rings. The largest absolute Gasteiger partial charge is 0.431 e. The van der Waals surface area contributed by atoms with Crippen LogP contribution in [-0.2, 0) is 12.7 Å².